The lowest BCUT2D eigenvalue weighted by Crippen LogP contribution is -2.19. The maximum Gasteiger partial charge on any atom is 0.346 e. The molecule has 2 aromatic heterocycles. The molecule has 0 aliphatic rings. The van der Waals surface area contributed by atoms with Gasteiger partial charge in [-0.2, -0.15) is 0 Å². The van der Waals surface area contributed by atoms with E-state index in [1.165, 1.54) is 11.3 Å². The van der Waals surface area contributed by atoms with Gasteiger partial charge in [0.15, 0.2) is 0 Å². The number of carboxylic acids is 1. The molecule has 2 rings (SSSR count). The number of aryl methyl sites for hydroxylation is 1. The summed E-state index contributed by atoms with van der Waals surface area (Å²) in [6, 6.07) is 7.80. The normalized spacial score (nSPS) is 10.9. The summed E-state index contributed by atoms with van der Waals surface area (Å²) in [6.07, 6.45) is 0. The predicted molar refractivity (Wildman–Crippen MR) is 75.4 cm³/mol. The molecule has 4 nitrogen and oxygen atoms in total. The summed E-state index contributed by atoms with van der Waals surface area (Å²) in [4.78, 5) is 18.0. The second-order valence-corrected chi connectivity index (χ2v) is 5.44. The predicted octanol–water partition coefficient (Wildman–Crippen LogP) is 2.78. The minimum atomic E-state index is -0.855. The molecule has 0 spiro atoms. The zero-order valence-electron chi connectivity index (χ0n) is 11.0. The Bertz CT molecular complexity index is 580. The van der Waals surface area contributed by atoms with E-state index in [4.69, 9.17) is 5.11 Å². The minimum absolute atomic E-state index is 0.420. The van der Waals surface area contributed by atoms with Crippen molar-refractivity contribution in [3.63, 3.8) is 0 Å². The Morgan fingerprint density at radius 2 is 2.16 bits per heavy atom. The lowest BCUT2D eigenvalue weighted by molar-refractivity contribution is 0.0700. The molecular formula is C14H16N2O2S. The third kappa shape index (κ3) is 3.62. The average molecular weight is 276 g/mol. The summed E-state index contributed by atoms with van der Waals surface area (Å²) < 4.78 is 0. The van der Waals surface area contributed by atoms with Crippen LogP contribution >= 0.6 is 11.3 Å². The van der Waals surface area contributed by atoms with Crippen LogP contribution in [0.25, 0.3) is 0 Å². The van der Waals surface area contributed by atoms with Crippen molar-refractivity contribution in [2.45, 2.75) is 20.0 Å². The fourth-order valence-corrected chi connectivity index (χ4v) is 2.71. The molecule has 0 radical (unpaired) electrons. The first-order chi connectivity index (χ1) is 9.06. The van der Waals surface area contributed by atoms with Crippen LogP contribution in [0.3, 0.4) is 0 Å². The molecule has 0 atom stereocenters. The van der Waals surface area contributed by atoms with Crippen LogP contribution in [0.1, 0.15) is 26.6 Å². The van der Waals surface area contributed by atoms with Gasteiger partial charge in [-0.05, 0) is 43.1 Å². The van der Waals surface area contributed by atoms with E-state index in [-0.39, 0.29) is 0 Å². The van der Waals surface area contributed by atoms with Crippen molar-refractivity contribution >= 4 is 17.3 Å². The van der Waals surface area contributed by atoms with E-state index in [0.29, 0.717) is 18.0 Å². The van der Waals surface area contributed by atoms with E-state index in [1.807, 2.05) is 43.6 Å². The molecule has 0 fully saturated rings. The first-order valence-electron chi connectivity index (χ1n) is 5.97. The molecule has 0 aromatic carbocycles. The number of hydrogen-bond acceptors (Lipinski definition) is 4. The Kier molecular flexibility index (Phi) is 4.29. The van der Waals surface area contributed by atoms with Crippen molar-refractivity contribution in [3.8, 4) is 0 Å². The van der Waals surface area contributed by atoms with Crippen molar-refractivity contribution in [1.29, 1.82) is 0 Å². The van der Waals surface area contributed by atoms with Gasteiger partial charge in [-0.3, -0.25) is 9.88 Å². The van der Waals surface area contributed by atoms with Crippen LogP contribution in [0.5, 0.6) is 0 Å². The molecule has 2 heterocycles. The Labute approximate surface area is 116 Å². The molecular weight excluding hydrogens is 260 g/mol. The highest BCUT2D eigenvalue weighted by Crippen LogP contribution is 2.18. The second kappa shape index (κ2) is 5.95. The summed E-state index contributed by atoms with van der Waals surface area (Å²) in [5.74, 6) is -0.855. The summed E-state index contributed by atoms with van der Waals surface area (Å²) in [7, 11) is 1.97. The van der Waals surface area contributed by atoms with Crippen molar-refractivity contribution in [3.05, 3.63) is 51.5 Å². The summed E-state index contributed by atoms with van der Waals surface area (Å²) in [5.41, 5.74) is 2.84. The highest BCUT2D eigenvalue weighted by atomic mass is 32.1. The largest absolute Gasteiger partial charge is 0.477 e. The fraction of sp³-hybridized carbons (Fsp3) is 0.286. The summed E-state index contributed by atoms with van der Waals surface area (Å²) >= 11 is 1.27. The molecule has 2 aromatic rings. The molecule has 1 N–H and O–H groups in total. The highest BCUT2D eigenvalue weighted by Gasteiger charge is 2.13. The van der Waals surface area contributed by atoms with Crippen molar-refractivity contribution < 1.29 is 9.90 Å². The van der Waals surface area contributed by atoms with Crippen LogP contribution in [0.4, 0.5) is 0 Å². The fourth-order valence-electron chi connectivity index (χ4n) is 1.96. The molecule has 0 amide bonds. The third-order valence-corrected chi connectivity index (χ3v) is 3.70. The van der Waals surface area contributed by atoms with E-state index >= 15 is 0 Å². The number of carboxylic acid groups (broad SMARTS) is 1. The molecule has 0 aliphatic heterocycles. The smallest absolute Gasteiger partial charge is 0.346 e. The standard InChI is InChI=1S/C14H16N2O2S/c1-10-4-3-5-12(15-10)9-16(2)8-11-6-7-19-13(11)14(17)18/h3-7H,8-9H2,1-2H3,(H,17,18). The van der Waals surface area contributed by atoms with E-state index < -0.39 is 5.97 Å². The van der Waals surface area contributed by atoms with Gasteiger partial charge >= 0.3 is 5.97 Å². The van der Waals surface area contributed by atoms with Crippen LogP contribution in [-0.2, 0) is 13.1 Å². The monoisotopic (exact) mass is 276 g/mol. The highest BCUT2D eigenvalue weighted by molar-refractivity contribution is 7.12. The Hall–Kier alpha value is -1.72. The molecule has 0 bridgehead atoms. The first-order valence-corrected chi connectivity index (χ1v) is 6.85. The van der Waals surface area contributed by atoms with Crippen LogP contribution in [0.15, 0.2) is 29.6 Å². The molecule has 0 saturated heterocycles. The Morgan fingerprint density at radius 3 is 2.84 bits per heavy atom. The summed E-state index contributed by atoms with van der Waals surface area (Å²) in [6.45, 7) is 3.28. The van der Waals surface area contributed by atoms with E-state index in [2.05, 4.69) is 9.88 Å². The maximum atomic E-state index is 11.0. The third-order valence-electron chi connectivity index (χ3n) is 2.76. The zero-order chi connectivity index (χ0) is 13.8. The Morgan fingerprint density at radius 1 is 1.37 bits per heavy atom. The molecule has 100 valence electrons. The van der Waals surface area contributed by atoms with Gasteiger partial charge < -0.3 is 5.11 Å². The number of aromatic nitrogens is 1. The molecule has 5 heteroatoms. The minimum Gasteiger partial charge on any atom is -0.477 e. The number of hydrogen-bond donors (Lipinski definition) is 1. The van der Waals surface area contributed by atoms with Crippen molar-refractivity contribution in [1.82, 2.24) is 9.88 Å². The number of aromatic carboxylic acids is 1. The van der Waals surface area contributed by atoms with E-state index in [0.717, 1.165) is 17.0 Å². The van der Waals surface area contributed by atoms with Gasteiger partial charge in [0.25, 0.3) is 0 Å². The maximum absolute atomic E-state index is 11.0. The second-order valence-electron chi connectivity index (χ2n) is 4.52. The number of thiophene rings is 1. The van der Waals surface area contributed by atoms with Gasteiger partial charge in [0.05, 0.1) is 5.69 Å². The van der Waals surface area contributed by atoms with E-state index in [1.54, 1.807) is 0 Å². The van der Waals surface area contributed by atoms with Gasteiger partial charge in [0.2, 0.25) is 0 Å². The number of nitrogens with zero attached hydrogens (tertiary/aromatic N) is 2. The Balaban J connectivity index is 2.03. The molecule has 0 saturated carbocycles. The first kappa shape index (κ1) is 13.7. The average Bonchev–Trinajstić information content (AvgIpc) is 2.76. The number of rotatable bonds is 5. The zero-order valence-corrected chi connectivity index (χ0v) is 11.8. The molecule has 0 aliphatic carbocycles. The number of carbonyl (C=O) groups is 1. The SMILES string of the molecule is Cc1cccc(CN(C)Cc2ccsc2C(=O)O)n1. The van der Waals surface area contributed by atoms with Crippen LogP contribution in [0.2, 0.25) is 0 Å². The van der Waals surface area contributed by atoms with Crippen LogP contribution < -0.4 is 0 Å². The van der Waals surface area contributed by atoms with Crippen molar-refractivity contribution in [2.75, 3.05) is 7.05 Å². The molecule has 19 heavy (non-hydrogen) atoms. The van der Waals surface area contributed by atoms with Crippen LogP contribution in [-0.4, -0.2) is 28.0 Å². The molecule has 0 unspecified atom stereocenters. The topological polar surface area (TPSA) is 53.4 Å². The van der Waals surface area contributed by atoms with Gasteiger partial charge in [-0.15, -0.1) is 11.3 Å². The van der Waals surface area contributed by atoms with Crippen LogP contribution in [0, 0.1) is 6.92 Å². The van der Waals surface area contributed by atoms with Gasteiger partial charge in [0.1, 0.15) is 4.88 Å². The lowest BCUT2D eigenvalue weighted by Gasteiger charge is -2.16. The lowest BCUT2D eigenvalue weighted by atomic mass is 10.2. The van der Waals surface area contributed by atoms with E-state index in [9.17, 15) is 4.79 Å². The van der Waals surface area contributed by atoms with Crippen molar-refractivity contribution in [2.24, 2.45) is 0 Å². The van der Waals surface area contributed by atoms with Gasteiger partial charge in [-0.1, -0.05) is 6.07 Å². The van der Waals surface area contributed by atoms with Gasteiger partial charge in [0, 0.05) is 18.8 Å². The quantitative estimate of drug-likeness (QED) is 0.912. The summed E-state index contributed by atoms with van der Waals surface area (Å²) in [5, 5.41) is 10.9. The number of pyridine rings is 1. The van der Waals surface area contributed by atoms with Gasteiger partial charge in [-0.25, -0.2) is 4.79 Å².